The monoisotopic (exact) mass is 447 g/mol. The maximum Gasteiger partial charge on any atom is 0.267 e. The highest BCUT2D eigenvalue weighted by atomic mass is 35.5. The van der Waals surface area contributed by atoms with Crippen molar-refractivity contribution in [3.63, 3.8) is 0 Å². The lowest BCUT2D eigenvalue weighted by atomic mass is 10.2. The average Bonchev–Trinajstić information content (AvgIpc) is 2.55. The Bertz CT molecular complexity index is 1030. The Labute approximate surface area is 172 Å². The number of hydrogen-bond acceptors (Lipinski definition) is 6. The molecule has 1 N–H and O–H groups in total. The van der Waals surface area contributed by atoms with Crippen LogP contribution in [0, 0.1) is 17.6 Å². The van der Waals surface area contributed by atoms with Gasteiger partial charge in [-0.3, -0.25) is 4.79 Å². The van der Waals surface area contributed by atoms with Crippen LogP contribution < -0.4 is 14.4 Å². The Kier molecular flexibility index (Phi) is 7.02. The number of carbonyl (C=O) groups is 1. The number of amides is 1. The molecule has 0 spiro atoms. The zero-order chi connectivity index (χ0) is 21.9. The van der Waals surface area contributed by atoms with Gasteiger partial charge in [-0.05, 0) is 12.0 Å². The minimum atomic E-state index is -3.93. The number of hydrogen-bond donors (Lipinski definition) is 1. The second kappa shape index (κ2) is 8.91. The number of pyridine rings is 1. The number of benzene rings is 1. The number of anilines is 1. The molecule has 29 heavy (non-hydrogen) atoms. The van der Waals surface area contributed by atoms with Gasteiger partial charge in [-0.25, -0.2) is 26.9 Å². The molecule has 0 aliphatic rings. The van der Waals surface area contributed by atoms with Crippen LogP contribution in [0.2, 0.25) is 5.02 Å². The summed E-state index contributed by atoms with van der Waals surface area (Å²) in [6.07, 6.45) is 2.02. The van der Waals surface area contributed by atoms with Crippen LogP contribution in [0.4, 0.5) is 14.6 Å². The minimum absolute atomic E-state index is 0.0586. The quantitative estimate of drug-likeness (QED) is 0.697. The third kappa shape index (κ3) is 6.26. The summed E-state index contributed by atoms with van der Waals surface area (Å²) in [6, 6.07) is 2.59. The van der Waals surface area contributed by atoms with Crippen LogP contribution in [0.5, 0.6) is 11.5 Å². The SMILES string of the molecule is CC(C)CN(C)c1ncc(Oc2cc(F)c(C(=O)NS(C)(=O)=O)cc2F)cc1Cl. The summed E-state index contributed by atoms with van der Waals surface area (Å²) in [4.78, 5) is 17.8. The van der Waals surface area contributed by atoms with Gasteiger partial charge >= 0.3 is 0 Å². The van der Waals surface area contributed by atoms with E-state index in [9.17, 15) is 22.0 Å². The molecule has 0 radical (unpaired) electrons. The van der Waals surface area contributed by atoms with E-state index in [0.717, 1.165) is 6.26 Å². The minimum Gasteiger partial charge on any atom is -0.452 e. The molecule has 0 saturated heterocycles. The first-order valence-corrected chi connectivity index (χ1v) is 10.7. The van der Waals surface area contributed by atoms with Gasteiger partial charge in [-0.1, -0.05) is 25.4 Å². The van der Waals surface area contributed by atoms with Crippen LogP contribution in [0.25, 0.3) is 0 Å². The predicted molar refractivity (Wildman–Crippen MR) is 106 cm³/mol. The first-order valence-electron chi connectivity index (χ1n) is 8.43. The van der Waals surface area contributed by atoms with E-state index in [0.29, 0.717) is 30.4 Å². The van der Waals surface area contributed by atoms with Crippen molar-refractivity contribution in [3.8, 4) is 11.5 Å². The van der Waals surface area contributed by atoms with E-state index in [1.54, 1.807) is 4.72 Å². The van der Waals surface area contributed by atoms with Gasteiger partial charge in [0.1, 0.15) is 17.4 Å². The van der Waals surface area contributed by atoms with Crippen molar-refractivity contribution in [1.82, 2.24) is 9.71 Å². The fraction of sp³-hybridized carbons (Fsp3) is 0.333. The molecule has 0 aliphatic carbocycles. The van der Waals surface area contributed by atoms with Crippen molar-refractivity contribution in [2.24, 2.45) is 5.92 Å². The number of halogens is 3. The molecular formula is C18H20ClF2N3O4S. The zero-order valence-corrected chi connectivity index (χ0v) is 17.7. The highest BCUT2D eigenvalue weighted by Gasteiger charge is 2.20. The van der Waals surface area contributed by atoms with E-state index in [-0.39, 0.29) is 10.8 Å². The summed E-state index contributed by atoms with van der Waals surface area (Å²) in [5, 5.41) is 0.260. The Hall–Kier alpha value is -2.46. The van der Waals surface area contributed by atoms with Crippen LogP contribution in [0.15, 0.2) is 24.4 Å². The van der Waals surface area contributed by atoms with E-state index < -0.39 is 38.9 Å². The van der Waals surface area contributed by atoms with Crippen LogP contribution in [0.3, 0.4) is 0 Å². The molecule has 2 rings (SSSR count). The lowest BCUT2D eigenvalue weighted by molar-refractivity contribution is 0.0977. The molecule has 11 heteroatoms. The molecule has 0 bridgehead atoms. The molecule has 0 aliphatic heterocycles. The second-order valence-corrected chi connectivity index (χ2v) is 8.97. The number of aromatic nitrogens is 1. The molecule has 0 fully saturated rings. The number of carbonyl (C=O) groups excluding carboxylic acids is 1. The highest BCUT2D eigenvalue weighted by Crippen LogP contribution is 2.31. The summed E-state index contributed by atoms with van der Waals surface area (Å²) in [6.45, 7) is 4.79. The normalized spacial score (nSPS) is 11.4. The molecule has 1 aromatic heterocycles. The molecule has 158 valence electrons. The Morgan fingerprint density at radius 3 is 2.48 bits per heavy atom. The number of rotatable bonds is 7. The highest BCUT2D eigenvalue weighted by molar-refractivity contribution is 7.89. The predicted octanol–water partition coefficient (Wildman–Crippen LogP) is 3.59. The Morgan fingerprint density at radius 1 is 1.28 bits per heavy atom. The van der Waals surface area contributed by atoms with Crippen LogP contribution in [-0.2, 0) is 10.0 Å². The van der Waals surface area contributed by atoms with E-state index in [2.05, 4.69) is 4.98 Å². The number of nitrogens with zero attached hydrogens (tertiary/aromatic N) is 2. The largest absolute Gasteiger partial charge is 0.452 e. The smallest absolute Gasteiger partial charge is 0.267 e. The third-order valence-corrected chi connectivity index (χ3v) is 4.40. The summed E-state index contributed by atoms with van der Waals surface area (Å²) in [5.74, 6) is -3.09. The topological polar surface area (TPSA) is 88.6 Å². The Morgan fingerprint density at radius 2 is 1.93 bits per heavy atom. The summed E-state index contributed by atoms with van der Waals surface area (Å²) in [7, 11) is -2.11. The van der Waals surface area contributed by atoms with E-state index in [1.807, 2.05) is 25.8 Å². The zero-order valence-electron chi connectivity index (χ0n) is 16.2. The van der Waals surface area contributed by atoms with Gasteiger partial charge in [0.25, 0.3) is 5.91 Å². The number of sulfonamides is 1. The van der Waals surface area contributed by atoms with Gasteiger partial charge < -0.3 is 9.64 Å². The van der Waals surface area contributed by atoms with Crippen molar-refractivity contribution in [2.75, 3.05) is 24.7 Å². The van der Waals surface area contributed by atoms with E-state index in [1.165, 1.54) is 12.3 Å². The molecule has 2 aromatic rings. The molecule has 0 atom stereocenters. The van der Waals surface area contributed by atoms with E-state index >= 15 is 0 Å². The first kappa shape index (κ1) is 22.8. The molecule has 0 unspecified atom stereocenters. The summed E-state index contributed by atoms with van der Waals surface area (Å²) >= 11 is 6.21. The van der Waals surface area contributed by atoms with Crippen molar-refractivity contribution in [2.45, 2.75) is 13.8 Å². The lowest BCUT2D eigenvalue weighted by Crippen LogP contribution is -2.30. The van der Waals surface area contributed by atoms with Crippen molar-refractivity contribution in [1.29, 1.82) is 0 Å². The fourth-order valence-corrected chi connectivity index (χ4v) is 3.26. The van der Waals surface area contributed by atoms with Gasteiger partial charge in [-0.2, -0.15) is 0 Å². The Balaban J connectivity index is 2.25. The van der Waals surface area contributed by atoms with Gasteiger partial charge in [-0.15, -0.1) is 0 Å². The van der Waals surface area contributed by atoms with Gasteiger partial charge in [0.2, 0.25) is 10.0 Å². The van der Waals surface area contributed by atoms with Gasteiger partial charge in [0.15, 0.2) is 11.6 Å². The number of nitrogens with one attached hydrogen (secondary N) is 1. The summed E-state index contributed by atoms with van der Waals surface area (Å²) in [5.41, 5.74) is -0.776. The first-order chi connectivity index (χ1) is 13.4. The van der Waals surface area contributed by atoms with Crippen LogP contribution in [-0.4, -0.2) is 39.2 Å². The van der Waals surface area contributed by atoms with Gasteiger partial charge in [0, 0.05) is 25.7 Å². The molecule has 7 nitrogen and oxygen atoms in total. The maximum absolute atomic E-state index is 14.3. The average molecular weight is 448 g/mol. The molecule has 1 amide bonds. The lowest BCUT2D eigenvalue weighted by Gasteiger charge is -2.21. The standard InChI is InChI=1S/C18H20ClF2N3O4S/c1-10(2)9-24(3)17-13(19)5-11(8-22-17)28-16-7-14(20)12(6-15(16)21)18(25)23-29(4,26)27/h5-8,10H,9H2,1-4H3,(H,23,25). The fourth-order valence-electron chi connectivity index (χ4n) is 2.52. The molecule has 1 aromatic carbocycles. The number of ether oxygens (including phenoxy) is 1. The van der Waals surface area contributed by atoms with Crippen LogP contribution in [0.1, 0.15) is 24.2 Å². The maximum atomic E-state index is 14.3. The molecular weight excluding hydrogens is 428 g/mol. The third-order valence-electron chi connectivity index (χ3n) is 3.57. The molecule has 1 heterocycles. The van der Waals surface area contributed by atoms with Crippen LogP contribution >= 0.6 is 11.6 Å². The second-order valence-electron chi connectivity index (χ2n) is 6.82. The van der Waals surface area contributed by atoms with Gasteiger partial charge in [0.05, 0.1) is 23.0 Å². The van der Waals surface area contributed by atoms with Crippen molar-refractivity contribution >= 4 is 33.3 Å². The summed E-state index contributed by atoms with van der Waals surface area (Å²) < 4.78 is 57.5. The van der Waals surface area contributed by atoms with Crippen molar-refractivity contribution < 1.29 is 26.7 Å². The van der Waals surface area contributed by atoms with E-state index in [4.69, 9.17) is 16.3 Å². The molecule has 0 saturated carbocycles. The van der Waals surface area contributed by atoms with Crippen molar-refractivity contribution in [3.05, 3.63) is 46.6 Å².